The Kier molecular flexibility index (Phi) is 4.75. The third-order valence-corrected chi connectivity index (χ3v) is 5.23. The molecule has 1 heterocycles. The number of hydrogen-bond acceptors (Lipinski definition) is 4. The standard InChI is InChI=1S/C14H17BrN2O2S/c1-8-3-12(16)13(5-11(8)15)17-6-10(4-14(17)19)7-20-9(2)18/h3,5,10H,4,6-7,16H2,1-2H3. The van der Waals surface area contributed by atoms with Crippen LogP contribution >= 0.6 is 27.7 Å². The summed E-state index contributed by atoms with van der Waals surface area (Å²) in [4.78, 5) is 24.9. The Morgan fingerprint density at radius 2 is 2.25 bits per heavy atom. The van der Waals surface area contributed by atoms with Crippen molar-refractivity contribution in [1.29, 1.82) is 0 Å². The molecule has 2 N–H and O–H groups in total. The van der Waals surface area contributed by atoms with E-state index in [4.69, 9.17) is 5.73 Å². The first kappa shape index (κ1) is 15.4. The predicted molar refractivity (Wildman–Crippen MR) is 86.9 cm³/mol. The van der Waals surface area contributed by atoms with Crippen LogP contribution in [-0.2, 0) is 9.59 Å². The lowest BCUT2D eigenvalue weighted by Gasteiger charge is -2.20. The Hall–Kier alpha value is -1.01. The molecule has 1 unspecified atom stereocenters. The topological polar surface area (TPSA) is 63.4 Å². The third kappa shape index (κ3) is 3.35. The van der Waals surface area contributed by atoms with Crippen molar-refractivity contribution in [3.8, 4) is 0 Å². The van der Waals surface area contributed by atoms with Gasteiger partial charge in [0.25, 0.3) is 0 Å². The second-order valence-electron chi connectivity index (χ2n) is 5.04. The quantitative estimate of drug-likeness (QED) is 0.845. The normalized spacial score (nSPS) is 18.6. The summed E-state index contributed by atoms with van der Waals surface area (Å²) in [7, 11) is 0. The molecule has 4 nitrogen and oxygen atoms in total. The molecule has 1 atom stereocenters. The number of carbonyl (C=O) groups is 2. The Bertz CT molecular complexity index is 562. The van der Waals surface area contributed by atoms with E-state index < -0.39 is 0 Å². The minimum Gasteiger partial charge on any atom is -0.397 e. The van der Waals surface area contributed by atoms with Crippen LogP contribution in [-0.4, -0.2) is 23.3 Å². The highest BCUT2D eigenvalue weighted by Gasteiger charge is 2.31. The molecular formula is C14H17BrN2O2S. The van der Waals surface area contributed by atoms with E-state index in [-0.39, 0.29) is 16.9 Å². The molecule has 1 aromatic carbocycles. The molecule has 1 saturated heterocycles. The molecule has 1 fully saturated rings. The monoisotopic (exact) mass is 356 g/mol. The SMILES string of the molecule is CC(=O)SCC1CC(=O)N(c2cc(Br)c(C)cc2N)C1. The van der Waals surface area contributed by atoms with E-state index in [1.807, 2.05) is 19.1 Å². The maximum absolute atomic E-state index is 12.1. The second-order valence-corrected chi connectivity index (χ2v) is 7.09. The van der Waals surface area contributed by atoms with E-state index >= 15 is 0 Å². The lowest BCUT2D eigenvalue weighted by Crippen LogP contribution is -2.25. The Balaban J connectivity index is 2.16. The van der Waals surface area contributed by atoms with Gasteiger partial charge >= 0.3 is 0 Å². The number of hydrogen-bond donors (Lipinski definition) is 1. The largest absolute Gasteiger partial charge is 0.397 e. The molecule has 20 heavy (non-hydrogen) atoms. The van der Waals surface area contributed by atoms with E-state index in [1.165, 1.54) is 11.8 Å². The zero-order chi connectivity index (χ0) is 14.9. The van der Waals surface area contributed by atoms with Gasteiger partial charge in [0.1, 0.15) is 0 Å². The van der Waals surface area contributed by atoms with Gasteiger partial charge in [0.05, 0.1) is 11.4 Å². The summed E-state index contributed by atoms with van der Waals surface area (Å²) >= 11 is 4.75. The molecule has 1 amide bonds. The number of nitrogen functional groups attached to an aromatic ring is 1. The summed E-state index contributed by atoms with van der Waals surface area (Å²) in [5.41, 5.74) is 8.43. The van der Waals surface area contributed by atoms with Crippen molar-refractivity contribution in [2.75, 3.05) is 22.9 Å². The molecule has 0 spiro atoms. The number of aryl methyl sites for hydroxylation is 1. The molecule has 2 rings (SSSR count). The van der Waals surface area contributed by atoms with Crippen molar-refractivity contribution < 1.29 is 9.59 Å². The molecule has 6 heteroatoms. The number of nitrogens with zero attached hydrogens (tertiary/aromatic N) is 1. The van der Waals surface area contributed by atoms with E-state index in [0.29, 0.717) is 24.4 Å². The molecule has 0 aliphatic carbocycles. The van der Waals surface area contributed by atoms with Crippen molar-refractivity contribution in [3.05, 3.63) is 22.2 Å². The van der Waals surface area contributed by atoms with Gasteiger partial charge in [-0.2, -0.15) is 0 Å². The van der Waals surface area contributed by atoms with Crippen molar-refractivity contribution in [2.24, 2.45) is 5.92 Å². The average Bonchev–Trinajstić information content (AvgIpc) is 2.72. The number of thioether (sulfide) groups is 1. The van der Waals surface area contributed by atoms with Gasteiger partial charge in [-0.3, -0.25) is 9.59 Å². The highest BCUT2D eigenvalue weighted by Crippen LogP contribution is 2.34. The van der Waals surface area contributed by atoms with Gasteiger partial charge in [-0.1, -0.05) is 27.7 Å². The summed E-state index contributed by atoms with van der Waals surface area (Å²) < 4.78 is 0.941. The number of nitrogens with two attached hydrogens (primary N) is 1. The third-order valence-electron chi connectivity index (χ3n) is 3.33. The number of rotatable bonds is 3. The maximum Gasteiger partial charge on any atom is 0.227 e. The first-order valence-corrected chi connectivity index (χ1v) is 8.15. The van der Waals surface area contributed by atoms with Crippen molar-refractivity contribution >= 4 is 50.1 Å². The number of carbonyl (C=O) groups excluding carboxylic acids is 2. The van der Waals surface area contributed by atoms with Crippen LogP contribution in [0.15, 0.2) is 16.6 Å². The minimum atomic E-state index is 0.0709. The smallest absolute Gasteiger partial charge is 0.227 e. The lowest BCUT2D eigenvalue weighted by molar-refractivity contribution is -0.117. The fraction of sp³-hybridized carbons (Fsp3) is 0.429. The van der Waals surface area contributed by atoms with Gasteiger partial charge in [-0.15, -0.1) is 0 Å². The lowest BCUT2D eigenvalue weighted by atomic mass is 10.1. The van der Waals surface area contributed by atoms with Crippen molar-refractivity contribution in [3.63, 3.8) is 0 Å². The molecule has 0 bridgehead atoms. The van der Waals surface area contributed by atoms with Gasteiger partial charge in [-0.05, 0) is 30.5 Å². The van der Waals surface area contributed by atoms with Crippen molar-refractivity contribution in [2.45, 2.75) is 20.3 Å². The highest BCUT2D eigenvalue weighted by atomic mass is 79.9. The number of benzene rings is 1. The summed E-state index contributed by atoms with van der Waals surface area (Å²) in [5, 5.41) is 0.0912. The van der Waals surface area contributed by atoms with Crippen LogP contribution in [0.25, 0.3) is 0 Å². The second kappa shape index (κ2) is 6.18. The molecule has 0 aromatic heterocycles. The zero-order valence-corrected chi connectivity index (χ0v) is 13.9. The fourth-order valence-electron chi connectivity index (χ4n) is 2.29. The molecule has 1 aliphatic rings. The van der Waals surface area contributed by atoms with E-state index in [1.54, 1.807) is 11.8 Å². The van der Waals surface area contributed by atoms with Crippen LogP contribution in [0.5, 0.6) is 0 Å². The summed E-state index contributed by atoms with van der Waals surface area (Å²) in [5.74, 6) is 0.960. The summed E-state index contributed by atoms with van der Waals surface area (Å²) in [6.07, 6.45) is 0.477. The van der Waals surface area contributed by atoms with Gasteiger partial charge in [0.2, 0.25) is 5.91 Å². The van der Waals surface area contributed by atoms with Gasteiger partial charge in [0.15, 0.2) is 5.12 Å². The molecule has 1 aromatic rings. The van der Waals surface area contributed by atoms with Gasteiger partial charge < -0.3 is 10.6 Å². The maximum atomic E-state index is 12.1. The highest BCUT2D eigenvalue weighted by molar-refractivity contribution is 9.10. The zero-order valence-electron chi connectivity index (χ0n) is 11.5. The summed E-state index contributed by atoms with van der Waals surface area (Å²) in [6, 6.07) is 3.76. The van der Waals surface area contributed by atoms with E-state index in [9.17, 15) is 9.59 Å². The van der Waals surface area contributed by atoms with Crippen LogP contribution in [0.2, 0.25) is 0 Å². The molecule has 1 aliphatic heterocycles. The first-order chi connectivity index (χ1) is 9.38. The van der Waals surface area contributed by atoms with E-state index in [0.717, 1.165) is 15.7 Å². The molecule has 108 valence electrons. The molecular weight excluding hydrogens is 340 g/mol. The average molecular weight is 357 g/mol. The summed E-state index contributed by atoms with van der Waals surface area (Å²) in [6.45, 7) is 4.13. The van der Waals surface area contributed by atoms with Crippen LogP contribution in [0, 0.1) is 12.8 Å². The Labute approximate surface area is 131 Å². The first-order valence-electron chi connectivity index (χ1n) is 6.38. The van der Waals surface area contributed by atoms with Crippen LogP contribution < -0.4 is 10.6 Å². The Morgan fingerprint density at radius 1 is 1.55 bits per heavy atom. The molecule has 0 radical (unpaired) electrons. The Morgan fingerprint density at radius 3 is 2.90 bits per heavy atom. The van der Waals surface area contributed by atoms with Crippen LogP contribution in [0.4, 0.5) is 11.4 Å². The molecule has 0 saturated carbocycles. The van der Waals surface area contributed by atoms with Crippen molar-refractivity contribution in [1.82, 2.24) is 0 Å². The van der Waals surface area contributed by atoms with Gasteiger partial charge in [-0.25, -0.2) is 0 Å². The van der Waals surface area contributed by atoms with Gasteiger partial charge in [0, 0.05) is 30.1 Å². The fourth-order valence-corrected chi connectivity index (χ4v) is 3.31. The minimum absolute atomic E-state index is 0.0709. The number of amides is 1. The number of anilines is 2. The van der Waals surface area contributed by atoms with Crippen LogP contribution in [0.1, 0.15) is 18.9 Å². The predicted octanol–water partition coefficient (Wildman–Crippen LogP) is 2.97. The van der Waals surface area contributed by atoms with Crippen LogP contribution in [0.3, 0.4) is 0 Å². The van der Waals surface area contributed by atoms with E-state index in [2.05, 4.69) is 15.9 Å². The number of halogens is 1.